The molecule has 0 saturated heterocycles. The van der Waals surface area contributed by atoms with Gasteiger partial charge in [0.25, 0.3) is 5.91 Å². The van der Waals surface area contributed by atoms with Crippen LogP contribution < -0.4 is 0 Å². The lowest BCUT2D eigenvalue weighted by Crippen LogP contribution is -1.96. The Morgan fingerprint density at radius 1 is 1.04 bits per heavy atom. The van der Waals surface area contributed by atoms with Crippen LogP contribution in [-0.4, -0.2) is 10.9 Å². The van der Waals surface area contributed by atoms with Gasteiger partial charge in [-0.2, -0.15) is 0 Å². The molecular formula is C20H16N2OS2. The number of rotatable bonds is 2. The number of nitrogens with one attached hydrogen (secondary N) is 1. The fraction of sp³-hybridized carbons (Fsp3) is 0.0500. The Kier molecular flexibility index (Phi) is 5.48. The number of nitrogens with zero attached hydrogens (tertiary/aromatic N) is 1. The standard InChI is InChI=1S/C13H8N2OS2.C7H8/c16-13(15-17)9-4-2-1-3-8(9)11-7-12-10(14-11)5-6-18-12;1-7-5-3-2-4-6-7/h1-7,14H;2-6H,1H3. The molecule has 3 nitrogen and oxygen atoms in total. The van der Waals surface area contributed by atoms with Crippen molar-refractivity contribution in [3.8, 4) is 11.3 Å². The lowest BCUT2D eigenvalue weighted by Gasteiger charge is -2.03. The molecule has 0 aliphatic rings. The number of fused-ring (bicyclic) bond motifs is 1. The van der Waals surface area contributed by atoms with Gasteiger partial charge in [0.2, 0.25) is 0 Å². The zero-order chi connectivity index (χ0) is 17.6. The van der Waals surface area contributed by atoms with Crippen LogP contribution in [-0.2, 0) is 12.4 Å². The highest BCUT2D eigenvalue weighted by Crippen LogP contribution is 2.29. The van der Waals surface area contributed by atoms with Crippen molar-refractivity contribution in [1.82, 2.24) is 4.98 Å². The van der Waals surface area contributed by atoms with E-state index in [-0.39, 0.29) is 5.91 Å². The number of carbonyl (C=O) groups is 1. The van der Waals surface area contributed by atoms with Gasteiger partial charge in [-0.3, -0.25) is 4.79 Å². The predicted octanol–water partition coefficient (Wildman–Crippen LogP) is 5.76. The van der Waals surface area contributed by atoms with Crippen LogP contribution in [0.25, 0.3) is 21.5 Å². The lowest BCUT2D eigenvalue weighted by atomic mass is 10.0. The summed E-state index contributed by atoms with van der Waals surface area (Å²) in [6.45, 7) is 2.08. The summed E-state index contributed by atoms with van der Waals surface area (Å²) in [5.74, 6) is -0.376. The SMILES string of the molecule is Cc1ccccc1.O=C(N=S)c1ccccc1-c1cc2sccc2[nH]1. The molecule has 1 N–H and O–H groups in total. The molecule has 5 heteroatoms. The van der Waals surface area contributed by atoms with E-state index in [9.17, 15) is 4.79 Å². The van der Waals surface area contributed by atoms with E-state index in [1.54, 1.807) is 17.4 Å². The van der Waals surface area contributed by atoms with Crippen molar-refractivity contribution >= 4 is 39.9 Å². The van der Waals surface area contributed by atoms with Gasteiger partial charge in [-0.15, -0.1) is 15.7 Å². The average molecular weight is 364 g/mol. The largest absolute Gasteiger partial charge is 0.354 e. The normalized spacial score (nSPS) is 10.1. The number of aromatic nitrogens is 1. The first-order valence-corrected chi connectivity index (χ1v) is 8.98. The van der Waals surface area contributed by atoms with Crippen molar-refractivity contribution in [2.45, 2.75) is 6.92 Å². The molecule has 124 valence electrons. The van der Waals surface area contributed by atoms with Gasteiger partial charge in [0, 0.05) is 23.7 Å². The maximum absolute atomic E-state index is 11.7. The van der Waals surface area contributed by atoms with E-state index in [0.717, 1.165) is 16.8 Å². The van der Waals surface area contributed by atoms with E-state index in [2.05, 4.69) is 40.8 Å². The third kappa shape index (κ3) is 4.07. The molecule has 2 aromatic heterocycles. The summed E-state index contributed by atoms with van der Waals surface area (Å²) in [6.07, 6.45) is 0. The number of hydrogen-bond donors (Lipinski definition) is 1. The van der Waals surface area contributed by atoms with E-state index >= 15 is 0 Å². The quantitative estimate of drug-likeness (QED) is 0.491. The predicted molar refractivity (Wildman–Crippen MR) is 107 cm³/mol. The smallest absolute Gasteiger partial charge is 0.288 e. The Balaban J connectivity index is 0.000000219. The van der Waals surface area contributed by atoms with Gasteiger partial charge < -0.3 is 4.98 Å². The molecule has 0 spiro atoms. The Morgan fingerprint density at radius 3 is 2.40 bits per heavy atom. The number of aryl methyl sites for hydroxylation is 1. The molecule has 4 aromatic rings. The minimum Gasteiger partial charge on any atom is -0.354 e. The maximum atomic E-state index is 11.7. The van der Waals surface area contributed by atoms with Crippen molar-refractivity contribution in [1.29, 1.82) is 0 Å². The van der Waals surface area contributed by atoms with E-state index < -0.39 is 0 Å². The molecule has 1 amide bonds. The van der Waals surface area contributed by atoms with Gasteiger partial charge in [0.15, 0.2) is 0 Å². The van der Waals surface area contributed by atoms with Gasteiger partial charge in [-0.1, -0.05) is 54.1 Å². The number of carbonyl (C=O) groups excluding carboxylic acids is 1. The second-order valence-electron chi connectivity index (χ2n) is 5.48. The van der Waals surface area contributed by atoms with Crippen molar-refractivity contribution in [3.05, 3.63) is 83.2 Å². The van der Waals surface area contributed by atoms with Crippen LogP contribution >= 0.6 is 11.3 Å². The van der Waals surface area contributed by atoms with Gasteiger partial charge >= 0.3 is 0 Å². The fourth-order valence-electron chi connectivity index (χ4n) is 2.48. The number of aromatic amines is 1. The van der Waals surface area contributed by atoms with Crippen LogP contribution in [0.15, 0.2) is 76.5 Å². The number of amides is 1. The van der Waals surface area contributed by atoms with E-state index in [0.29, 0.717) is 5.56 Å². The highest BCUT2D eigenvalue weighted by Gasteiger charge is 2.13. The zero-order valence-electron chi connectivity index (χ0n) is 13.6. The second-order valence-corrected chi connectivity index (χ2v) is 6.61. The Hall–Kier alpha value is -2.63. The molecule has 0 fully saturated rings. The molecule has 0 unspecified atom stereocenters. The van der Waals surface area contributed by atoms with Crippen LogP contribution in [0, 0.1) is 6.92 Å². The monoisotopic (exact) mass is 364 g/mol. The van der Waals surface area contributed by atoms with Crippen LogP contribution in [0.3, 0.4) is 0 Å². The zero-order valence-corrected chi connectivity index (χ0v) is 15.2. The van der Waals surface area contributed by atoms with E-state index in [1.807, 2.05) is 53.9 Å². The van der Waals surface area contributed by atoms with Crippen molar-refractivity contribution in [2.75, 3.05) is 0 Å². The molecule has 2 aromatic carbocycles. The van der Waals surface area contributed by atoms with Gasteiger partial charge in [-0.25, -0.2) is 0 Å². The Labute approximate surface area is 155 Å². The fourth-order valence-corrected chi connectivity index (χ4v) is 3.36. The third-order valence-corrected chi connectivity index (χ3v) is 4.74. The molecular weight excluding hydrogens is 348 g/mol. The topological polar surface area (TPSA) is 45.2 Å². The van der Waals surface area contributed by atoms with Crippen LogP contribution in [0.4, 0.5) is 0 Å². The molecule has 0 aliphatic heterocycles. The van der Waals surface area contributed by atoms with Crippen molar-refractivity contribution in [3.63, 3.8) is 0 Å². The van der Waals surface area contributed by atoms with Crippen molar-refractivity contribution < 1.29 is 4.79 Å². The third-order valence-electron chi connectivity index (χ3n) is 3.71. The molecule has 0 radical (unpaired) electrons. The molecule has 0 aliphatic carbocycles. The summed E-state index contributed by atoms with van der Waals surface area (Å²) in [7, 11) is 0. The first-order valence-electron chi connectivity index (χ1n) is 7.74. The van der Waals surface area contributed by atoms with Gasteiger partial charge in [0.1, 0.15) is 0 Å². The maximum Gasteiger partial charge on any atom is 0.288 e. The Morgan fingerprint density at radius 2 is 1.76 bits per heavy atom. The molecule has 2 heterocycles. The summed E-state index contributed by atoms with van der Waals surface area (Å²) in [6, 6.07) is 21.6. The molecule has 0 atom stereocenters. The summed E-state index contributed by atoms with van der Waals surface area (Å²) < 4.78 is 4.49. The summed E-state index contributed by atoms with van der Waals surface area (Å²) >= 11 is 6.14. The van der Waals surface area contributed by atoms with Crippen molar-refractivity contribution in [2.24, 2.45) is 4.36 Å². The van der Waals surface area contributed by atoms with E-state index in [1.165, 1.54) is 10.3 Å². The number of H-pyrrole nitrogens is 1. The summed E-state index contributed by atoms with van der Waals surface area (Å²) in [4.78, 5) is 15.0. The number of thiophene rings is 1. The summed E-state index contributed by atoms with van der Waals surface area (Å²) in [5, 5.41) is 2.03. The highest BCUT2D eigenvalue weighted by molar-refractivity contribution is 7.47. The van der Waals surface area contributed by atoms with Gasteiger partial charge in [0.05, 0.1) is 15.8 Å². The number of hydrogen-bond acceptors (Lipinski definition) is 3. The first-order chi connectivity index (χ1) is 12.2. The molecule has 0 bridgehead atoms. The minimum atomic E-state index is -0.376. The average Bonchev–Trinajstić information content (AvgIpc) is 3.24. The Bertz CT molecular complexity index is 974. The van der Waals surface area contributed by atoms with E-state index in [4.69, 9.17) is 0 Å². The highest BCUT2D eigenvalue weighted by atomic mass is 32.1. The van der Waals surface area contributed by atoms with Crippen LogP contribution in [0.2, 0.25) is 0 Å². The lowest BCUT2D eigenvalue weighted by molar-refractivity contribution is 0.101. The summed E-state index contributed by atoms with van der Waals surface area (Å²) in [5.41, 5.74) is 4.68. The minimum absolute atomic E-state index is 0.376. The molecule has 0 saturated carbocycles. The second kappa shape index (κ2) is 7.96. The molecule has 25 heavy (non-hydrogen) atoms. The van der Waals surface area contributed by atoms with Gasteiger partial charge in [-0.05, 0) is 30.5 Å². The van der Waals surface area contributed by atoms with Crippen LogP contribution in [0.1, 0.15) is 15.9 Å². The number of benzene rings is 2. The van der Waals surface area contributed by atoms with Crippen LogP contribution in [0.5, 0.6) is 0 Å². The first kappa shape index (κ1) is 17.2. The molecule has 4 rings (SSSR count).